The van der Waals surface area contributed by atoms with Gasteiger partial charge in [0.2, 0.25) is 0 Å². The summed E-state index contributed by atoms with van der Waals surface area (Å²) in [6.45, 7) is 2.17. The molecule has 0 unspecified atom stereocenters. The second-order valence-electron chi connectivity index (χ2n) is 7.74. The van der Waals surface area contributed by atoms with Crippen molar-refractivity contribution >= 4 is 28.6 Å². The SMILES string of the molecule is CC[C@@H]1C[C@H](OC(=O)N(C)c2ccncc2)C[C@@H]1c1nnc2cnc3[nH]ccc3n12. The van der Waals surface area contributed by atoms with Crippen LogP contribution in [0.4, 0.5) is 10.5 Å². The van der Waals surface area contributed by atoms with Crippen LogP contribution in [0.15, 0.2) is 43.0 Å². The lowest BCUT2D eigenvalue weighted by Crippen LogP contribution is -2.30. The number of nitrogens with one attached hydrogen (secondary N) is 1. The van der Waals surface area contributed by atoms with Gasteiger partial charge in [0.15, 0.2) is 11.3 Å². The molecule has 9 heteroatoms. The standard InChI is InChI=1S/C21H23N7O2/c1-3-13-10-15(30-21(29)27(2)14-4-7-22-8-5-14)11-16(13)20-26-25-18-12-24-19-17(28(18)20)6-9-23-19/h4-9,12-13,15-16,23H,3,10-11H2,1-2H3/t13-,15+,16+/m1/s1. The highest BCUT2D eigenvalue weighted by Gasteiger charge is 2.39. The number of anilines is 1. The van der Waals surface area contributed by atoms with E-state index in [9.17, 15) is 4.79 Å². The molecule has 30 heavy (non-hydrogen) atoms. The van der Waals surface area contributed by atoms with Gasteiger partial charge in [-0.05, 0) is 37.0 Å². The van der Waals surface area contributed by atoms with Crippen molar-refractivity contribution in [3.05, 3.63) is 48.8 Å². The molecule has 1 amide bonds. The van der Waals surface area contributed by atoms with Gasteiger partial charge in [-0.1, -0.05) is 13.3 Å². The molecule has 0 aliphatic heterocycles. The molecule has 1 saturated carbocycles. The van der Waals surface area contributed by atoms with Gasteiger partial charge in [0.25, 0.3) is 0 Å². The Balaban J connectivity index is 1.39. The maximum absolute atomic E-state index is 12.7. The first-order valence-electron chi connectivity index (χ1n) is 10.2. The van der Waals surface area contributed by atoms with Crippen molar-refractivity contribution in [2.24, 2.45) is 5.92 Å². The lowest BCUT2D eigenvalue weighted by molar-refractivity contribution is 0.106. The summed E-state index contributed by atoms with van der Waals surface area (Å²) in [4.78, 5) is 25.7. The summed E-state index contributed by atoms with van der Waals surface area (Å²) in [5.74, 6) is 1.43. The van der Waals surface area contributed by atoms with Gasteiger partial charge < -0.3 is 9.72 Å². The van der Waals surface area contributed by atoms with Crippen LogP contribution in [0.2, 0.25) is 0 Å². The third kappa shape index (κ3) is 3.06. The largest absolute Gasteiger partial charge is 0.446 e. The van der Waals surface area contributed by atoms with Crippen LogP contribution in [0, 0.1) is 5.92 Å². The van der Waals surface area contributed by atoms with Gasteiger partial charge >= 0.3 is 6.09 Å². The Labute approximate surface area is 173 Å². The smallest absolute Gasteiger partial charge is 0.414 e. The van der Waals surface area contributed by atoms with E-state index in [1.807, 2.05) is 12.3 Å². The number of aromatic nitrogens is 6. The predicted octanol–water partition coefficient (Wildman–Crippen LogP) is 3.55. The molecule has 0 bridgehead atoms. The van der Waals surface area contributed by atoms with Crippen LogP contribution in [-0.4, -0.2) is 48.8 Å². The van der Waals surface area contributed by atoms with Crippen LogP contribution in [0.25, 0.3) is 16.8 Å². The molecule has 1 aliphatic rings. The molecule has 1 N–H and O–H groups in total. The van der Waals surface area contributed by atoms with Gasteiger partial charge in [0.05, 0.1) is 11.7 Å². The molecule has 1 fully saturated rings. The summed E-state index contributed by atoms with van der Waals surface area (Å²) in [5.41, 5.74) is 3.24. The van der Waals surface area contributed by atoms with Crippen LogP contribution >= 0.6 is 0 Å². The van der Waals surface area contributed by atoms with Crippen molar-refractivity contribution in [3.8, 4) is 0 Å². The van der Waals surface area contributed by atoms with Crippen LogP contribution in [0.3, 0.4) is 0 Å². The molecule has 3 atom stereocenters. The van der Waals surface area contributed by atoms with Gasteiger partial charge in [-0.2, -0.15) is 0 Å². The number of hydrogen-bond acceptors (Lipinski definition) is 6. The van der Waals surface area contributed by atoms with E-state index in [0.717, 1.165) is 47.6 Å². The van der Waals surface area contributed by atoms with Crippen LogP contribution in [0.1, 0.15) is 37.9 Å². The highest BCUT2D eigenvalue weighted by Crippen LogP contribution is 2.42. The van der Waals surface area contributed by atoms with E-state index >= 15 is 0 Å². The van der Waals surface area contributed by atoms with Crippen molar-refractivity contribution in [1.82, 2.24) is 29.5 Å². The number of pyridine rings is 1. The van der Waals surface area contributed by atoms with Crippen LogP contribution in [0.5, 0.6) is 0 Å². The Kier molecular flexibility index (Phi) is 4.57. The molecule has 0 spiro atoms. The van der Waals surface area contributed by atoms with E-state index in [-0.39, 0.29) is 18.1 Å². The number of carbonyl (C=O) groups is 1. The first-order valence-corrected chi connectivity index (χ1v) is 10.2. The van der Waals surface area contributed by atoms with E-state index in [1.165, 1.54) is 4.90 Å². The third-order valence-corrected chi connectivity index (χ3v) is 6.07. The first-order chi connectivity index (χ1) is 14.7. The molecule has 0 saturated heterocycles. The predicted molar refractivity (Wildman–Crippen MR) is 111 cm³/mol. The van der Waals surface area contributed by atoms with Crippen molar-refractivity contribution in [1.29, 1.82) is 0 Å². The van der Waals surface area contributed by atoms with E-state index in [4.69, 9.17) is 4.74 Å². The molecule has 4 aromatic rings. The molecule has 5 rings (SSSR count). The average molecular weight is 405 g/mol. The molecular formula is C21H23N7O2. The number of H-pyrrole nitrogens is 1. The number of carbonyl (C=O) groups excluding carboxylic acids is 1. The maximum atomic E-state index is 12.7. The van der Waals surface area contributed by atoms with Gasteiger partial charge in [-0.3, -0.25) is 14.3 Å². The average Bonchev–Trinajstić information content (AvgIpc) is 3.50. The summed E-state index contributed by atoms with van der Waals surface area (Å²) in [6, 6.07) is 5.55. The Morgan fingerprint density at radius 1 is 1.27 bits per heavy atom. The molecule has 154 valence electrons. The summed E-state index contributed by atoms with van der Waals surface area (Å²) in [5, 5.41) is 8.83. The lowest BCUT2D eigenvalue weighted by Gasteiger charge is -2.20. The fourth-order valence-electron chi connectivity index (χ4n) is 4.47. The highest BCUT2D eigenvalue weighted by molar-refractivity contribution is 5.86. The Morgan fingerprint density at radius 3 is 2.90 bits per heavy atom. The second kappa shape index (κ2) is 7.40. The van der Waals surface area contributed by atoms with Crippen LogP contribution < -0.4 is 4.90 Å². The maximum Gasteiger partial charge on any atom is 0.414 e. The summed E-state index contributed by atoms with van der Waals surface area (Å²) < 4.78 is 7.93. The Bertz CT molecular complexity index is 1190. The topological polar surface area (TPSA) is 101 Å². The van der Waals surface area contributed by atoms with E-state index < -0.39 is 0 Å². The normalized spacial score (nSPS) is 21.3. The first kappa shape index (κ1) is 18.5. The molecule has 0 aromatic carbocycles. The van der Waals surface area contributed by atoms with Gasteiger partial charge in [-0.15, -0.1) is 10.2 Å². The number of fused-ring (bicyclic) bond motifs is 3. The lowest BCUT2D eigenvalue weighted by atomic mass is 9.93. The molecule has 0 radical (unpaired) electrons. The second-order valence-corrected chi connectivity index (χ2v) is 7.74. The number of hydrogen-bond donors (Lipinski definition) is 1. The van der Waals surface area contributed by atoms with Crippen LogP contribution in [-0.2, 0) is 4.74 Å². The van der Waals surface area contributed by atoms with Gasteiger partial charge in [0, 0.05) is 37.2 Å². The van der Waals surface area contributed by atoms with Gasteiger partial charge in [0.1, 0.15) is 11.9 Å². The molecule has 1 aliphatic carbocycles. The number of rotatable bonds is 4. The van der Waals surface area contributed by atoms with Crippen molar-refractivity contribution < 1.29 is 9.53 Å². The number of nitrogens with zero attached hydrogens (tertiary/aromatic N) is 6. The molecule has 4 heterocycles. The minimum Gasteiger partial charge on any atom is -0.446 e. The molecular weight excluding hydrogens is 382 g/mol. The highest BCUT2D eigenvalue weighted by atomic mass is 16.6. The number of amides is 1. The third-order valence-electron chi connectivity index (χ3n) is 6.07. The van der Waals surface area contributed by atoms with E-state index in [0.29, 0.717) is 5.92 Å². The van der Waals surface area contributed by atoms with E-state index in [1.54, 1.807) is 37.8 Å². The molecule has 9 nitrogen and oxygen atoms in total. The Morgan fingerprint density at radius 2 is 2.10 bits per heavy atom. The van der Waals surface area contributed by atoms with Crippen molar-refractivity contribution in [3.63, 3.8) is 0 Å². The fraction of sp³-hybridized carbons (Fsp3) is 0.381. The fourth-order valence-corrected chi connectivity index (χ4v) is 4.47. The Hall–Kier alpha value is -3.49. The monoisotopic (exact) mass is 405 g/mol. The zero-order valence-electron chi connectivity index (χ0n) is 16.9. The summed E-state index contributed by atoms with van der Waals surface area (Å²) in [7, 11) is 1.71. The van der Waals surface area contributed by atoms with Gasteiger partial charge in [-0.25, -0.2) is 9.78 Å². The van der Waals surface area contributed by atoms with Crippen molar-refractivity contribution in [2.75, 3.05) is 11.9 Å². The minimum absolute atomic E-state index is 0.160. The quantitative estimate of drug-likeness (QED) is 0.557. The molecule has 4 aromatic heterocycles. The summed E-state index contributed by atoms with van der Waals surface area (Å²) in [6.07, 6.45) is 8.91. The van der Waals surface area contributed by atoms with E-state index in [2.05, 4.69) is 36.5 Å². The van der Waals surface area contributed by atoms with Crippen molar-refractivity contribution in [2.45, 2.75) is 38.2 Å². The number of aromatic amines is 1. The zero-order chi connectivity index (χ0) is 20.7. The number of ether oxygens (including phenoxy) is 1. The summed E-state index contributed by atoms with van der Waals surface area (Å²) >= 11 is 0. The minimum atomic E-state index is -0.356. The zero-order valence-corrected chi connectivity index (χ0v) is 16.9.